The molecule has 2 nitrogen and oxygen atoms in total. The van der Waals surface area contributed by atoms with Crippen LogP contribution in [0.2, 0.25) is 0 Å². The maximum Gasteiger partial charge on any atom is 0.0244 e. The van der Waals surface area contributed by atoms with Gasteiger partial charge in [-0.1, -0.05) is 63.3 Å². The third kappa shape index (κ3) is 4.05. The number of hydrogen-bond donors (Lipinski definition) is 1. The maximum absolute atomic E-state index is 5.99. The zero-order valence-electron chi connectivity index (χ0n) is 12.3. The summed E-state index contributed by atoms with van der Waals surface area (Å²) in [6, 6.07) is 9.36. The summed E-state index contributed by atoms with van der Waals surface area (Å²) in [5.41, 5.74) is 8.97. The Morgan fingerprint density at radius 2 is 1.68 bits per heavy atom. The normalized spacial score (nSPS) is 16.5. The molecule has 0 saturated heterocycles. The van der Waals surface area contributed by atoms with Gasteiger partial charge in [0.25, 0.3) is 0 Å². The highest BCUT2D eigenvalue weighted by molar-refractivity contribution is 5.30. The second-order valence-electron chi connectivity index (χ2n) is 5.77. The van der Waals surface area contributed by atoms with Crippen molar-refractivity contribution in [1.29, 1.82) is 0 Å². The maximum atomic E-state index is 5.99. The molecule has 19 heavy (non-hydrogen) atoms. The molecule has 1 aromatic carbocycles. The number of nitrogens with zero attached hydrogens (tertiary/aromatic N) is 1. The van der Waals surface area contributed by atoms with E-state index in [9.17, 15) is 0 Å². The van der Waals surface area contributed by atoms with Crippen LogP contribution in [-0.4, -0.2) is 17.5 Å². The lowest BCUT2D eigenvalue weighted by Crippen LogP contribution is -2.37. The highest BCUT2D eigenvalue weighted by Gasteiger charge is 2.24. The third-order valence-corrected chi connectivity index (χ3v) is 4.29. The van der Waals surface area contributed by atoms with Crippen molar-refractivity contribution in [3.8, 4) is 0 Å². The van der Waals surface area contributed by atoms with E-state index in [-0.39, 0.29) is 0 Å². The minimum atomic E-state index is 0.564. The van der Waals surface area contributed by atoms with Crippen LogP contribution in [0.4, 0.5) is 0 Å². The average Bonchev–Trinajstić information content (AvgIpc) is 2.86. The first-order chi connectivity index (χ1) is 9.35. The topological polar surface area (TPSA) is 29.3 Å². The first kappa shape index (κ1) is 14.5. The lowest BCUT2D eigenvalue weighted by molar-refractivity contribution is 0.190. The van der Waals surface area contributed by atoms with Crippen molar-refractivity contribution in [2.75, 3.05) is 6.54 Å². The van der Waals surface area contributed by atoms with Crippen LogP contribution in [0.1, 0.15) is 56.6 Å². The molecule has 1 heterocycles. The summed E-state index contributed by atoms with van der Waals surface area (Å²) in [5.74, 6) is 0. The molecule has 0 aliphatic carbocycles. The fraction of sp³-hybridized carbons (Fsp3) is 0.647. The van der Waals surface area contributed by atoms with Crippen molar-refractivity contribution in [3.05, 3.63) is 35.4 Å². The van der Waals surface area contributed by atoms with E-state index in [1.54, 1.807) is 0 Å². The fourth-order valence-electron chi connectivity index (χ4n) is 3.05. The highest BCUT2D eigenvalue weighted by atomic mass is 15.2. The molecular weight excluding hydrogens is 232 g/mol. The van der Waals surface area contributed by atoms with Crippen molar-refractivity contribution in [2.24, 2.45) is 5.73 Å². The molecule has 0 saturated carbocycles. The van der Waals surface area contributed by atoms with Crippen LogP contribution in [0, 0.1) is 0 Å². The van der Waals surface area contributed by atoms with Gasteiger partial charge in [-0.2, -0.15) is 0 Å². The standard InChI is InChI=1S/C17H28N2/c1-2-3-4-5-6-11-17(12-18)19-13-15-9-7-8-10-16(15)14-19/h7-10,17H,2-6,11-14,18H2,1H3. The summed E-state index contributed by atoms with van der Waals surface area (Å²) in [4.78, 5) is 2.56. The number of hydrogen-bond acceptors (Lipinski definition) is 2. The Kier molecular flexibility index (Phi) is 5.87. The molecule has 0 aromatic heterocycles. The number of benzene rings is 1. The molecule has 1 unspecified atom stereocenters. The first-order valence-corrected chi connectivity index (χ1v) is 7.86. The summed E-state index contributed by atoms with van der Waals surface area (Å²) < 4.78 is 0. The highest BCUT2D eigenvalue weighted by Crippen LogP contribution is 2.25. The molecule has 106 valence electrons. The number of rotatable bonds is 8. The number of nitrogens with two attached hydrogens (primary N) is 1. The zero-order chi connectivity index (χ0) is 13.5. The number of fused-ring (bicyclic) bond motifs is 1. The van der Waals surface area contributed by atoms with Crippen LogP contribution < -0.4 is 5.73 Å². The predicted molar refractivity (Wildman–Crippen MR) is 81.9 cm³/mol. The van der Waals surface area contributed by atoms with Crippen LogP contribution >= 0.6 is 0 Å². The Hall–Kier alpha value is -0.860. The van der Waals surface area contributed by atoms with Gasteiger partial charge in [0.15, 0.2) is 0 Å². The van der Waals surface area contributed by atoms with Crippen LogP contribution in [0.3, 0.4) is 0 Å². The second kappa shape index (κ2) is 7.66. The van der Waals surface area contributed by atoms with Gasteiger partial charge in [-0.3, -0.25) is 4.90 Å². The van der Waals surface area contributed by atoms with Crippen LogP contribution in [0.25, 0.3) is 0 Å². The molecule has 0 radical (unpaired) electrons. The zero-order valence-corrected chi connectivity index (χ0v) is 12.3. The minimum Gasteiger partial charge on any atom is -0.329 e. The van der Waals surface area contributed by atoms with Gasteiger partial charge >= 0.3 is 0 Å². The summed E-state index contributed by atoms with van der Waals surface area (Å²) in [6.45, 7) is 5.24. The molecule has 0 spiro atoms. The van der Waals surface area contributed by atoms with E-state index in [0.29, 0.717) is 6.04 Å². The quantitative estimate of drug-likeness (QED) is 0.722. The fourth-order valence-corrected chi connectivity index (χ4v) is 3.05. The van der Waals surface area contributed by atoms with Crippen molar-refractivity contribution in [1.82, 2.24) is 4.90 Å². The molecule has 0 bridgehead atoms. The van der Waals surface area contributed by atoms with Crippen LogP contribution in [0.15, 0.2) is 24.3 Å². The lowest BCUT2D eigenvalue weighted by atomic mass is 10.1. The van der Waals surface area contributed by atoms with E-state index >= 15 is 0 Å². The van der Waals surface area contributed by atoms with E-state index < -0.39 is 0 Å². The van der Waals surface area contributed by atoms with Crippen molar-refractivity contribution in [2.45, 2.75) is 64.6 Å². The summed E-state index contributed by atoms with van der Waals surface area (Å²) in [6.07, 6.45) is 8.03. The van der Waals surface area contributed by atoms with Gasteiger partial charge in [0.05, 0.1) is 0 Å². The van der Waals surface area contributed by atoms with Gasteiger partial charge in [-0.05, 0) is 17.5 Å². The monoisotopic (exact) mass is 260 g/mol. The first-order valence-electron chi connectivity index (χ1n) is 7.86. The molecule has 2 N–H and O–H groups in total. The molecule has 2 heteroatoms. The summed E-state index contributed by atoms with van der Waals surface area (Å²) >= 11 is 0. The van der Waals surface area contributed by atoms with Crippen molar-refractivity contribution in [3.63, 3.8) is 0 Å². The Balaban J connectivity index is 1.77. The van der Waals surface area contributed by atoms with Crippen molar-refractivity contribution >= 4 is 0 Å². The second-order valence-corrected chi connectivity index (χ2v) is 5.77. The third-order valence-electron chi connectivity index (χ3n) is 4.29. The van der Waals surface area contributed by atoms with Crippen LogP contribution in [-0.2, 0) is 13.1 Å². The van der Waals surface area contributed by atoms with E-state index in [1.165, 1.54) is 49.7 Å². The molecule has 1 aliphatic rings. The van der Waals surface area contributed by atoms with E-state index in [4.69, 9.17) is 5.73 Å². The Bertz CT molecular complexity index is 350. The smallest absolute Gasteiger partial charge is 0.0244 e. The van der Waals surface area contributed by atoms with Gasteiger partial charge in [-0.25, -0.2) is 0 Å². The van der Waals surface area contributed by atoms with E-state index in [0.717, 1.165) is 19.6 Å². The molecular formula is C17H28N2. The lowest BCUT2D eigenvalue weighted by Gasteiger charge is -2.26. The summed E-state index contributed by atoms with van der Waals surface area (Å²) in [5, 5.41) is 0. The predicted octanol–water partition coefficient (Wildman–Crippen LogP) is 3.69. The molecule has 0 amide bonds. The number of unbranched alkanes of at least 4 members (excludes halogenated alkanes) is 4. The molecule has 1 atom stereocenters. The van der Waals surface area contributed by atoms with Crippen molar-refractivity contribution < 1.29 is 0 Å². The van der Waals surface area contributed by atoms with Gasteiger partial charge in [0, 0.05) is 25.7 Å². The van der Waals surface area contributed by atoms with Gasteiger partial charge in [0.2, 0.25) is 0 Å². The van der Waals surface area contributed by atoms with Crippen LogP contribution in [0.5, 0.6) is 0 Å². The molecule has 1 aromatic rings. The molecule has 2 rings (SSSR count). The van der Waals surface area contributed by atoms with E-state index in [2.05, 4.69) is 36.1 Å². The van der Waals surface area contributed by atoms with E-state index in [1.807, 2.05) is 0 Å². The largest absolute Gasteiger partial charge is 0.329 e. The van der Waals surface area contributed by atoms with Gasteiger partial charge in [0.1, 0.15) is 0 Å². The Morgan fingerprint density at radius 3 is 2.26 bits per heavy atom. The minimum absolute atomic E-state index is 0.564. The average molecular weight is 260 g/mol. The Morgan fingerprint density at radius 1 is 1.05 bits per heavy atom. The van der Waals surface area contributed by atoms with Gasteiger partial charge in [-0.15, -0.1) is 0 Å². The molecule has 0 fully saturated rings. The SMILES string of the molecule is CCCCCCCC(CN)N1Cc2ccccc2C1. The molecule has 1 aliphatic heterocycles. The Labute approximate surface area is 118 Å². The van der Waals surface area contributed by atoms with Gasteiger partial charge < -0.3 is 5.73 Å². The summed E-state index contributed by atoms with van der Waals surface area (Å²) in [7, 11) is 0.